The summed E-state index contributed by atoms with van der Waals surface area (Å²) in [7, 11) is -1.60. The summed E-state index contributed by atoms with van der Waals surface area (Å²) in [6, 6.07) is 6.23. The summed E-state index contributed by atoms with van der Waals surface area (Å²) in [5, 5.41) is 0.374. The second-order valence-corrected chi connectivity index (χ2v) is 9.47. The SMILES string of the molecule is CN1CCC([C@@H]2CN(S(=O)(=O)c3cccc(Cl)c3)C[C@H]2C(N)=O)CC1. The Morgan fingerprint density at radius 3 is 2.52 bits per heavy atom. The highest BCUT2D eigenvalue weighted by Crippen LogP contribution is 2.37. The van der Waals surface area contributed by atoms with Crippen molar-refractivity contribution >= 4 is 27.5 Å². The zero-order valence-corrected chi connectivity index (χ0v) is 15.8. The van der Waals surface area contributed by atoms with Crippen molar-refractivity contribution in [2.24, 2.45) is 23.5 Å². The van der Waals surface area contributed by atoms with Crippen LogP contribution in [0.5, 0.6) is 0 Å². The van der Waals surface area contributed by atoms with Crippen molar-refractivity contribution in [1.82, 2.24) is 9.21 Å². The van der Waals surface area contributed by atoms with Crippen molar-refractivity contribution < 1.29 is 13.2 Å². The predicted octanol–water partition coefficient (Wildman–Crippen LogP) is 1.40. The standard InChI is InChI=1S/C17H24ClN3O3S/c1-20-7-5-12(6-8-20)15-10-21(11-16(15)17(19)22)25(23,24)14-4-2-3-13(18)9-14/h2-4,9,12,15-16H,5-8,10-11H2,1H3,(H2,19,22)/t15-,16+/m0/s1. The minimum absolute atomic E-state index is 0.0137. The molecule has 2 fully saturated rings. The highest BCUT2D eigenvalue weighted by Gasteiger charge is 2.45. The van der Waals surface area contributed by atoms with Crippen LogP contribution in [0.1, 0.15) is 12.8 Å². The van der Waals surface area contributed by atoms with Crippen LogP contribution in [0.25, 0.3) is 0 Å². The van der Waals surface area contributed by atoms with Crippen molar-refractivity contribution in [3.05, 3.63) is 29.3 Å². The average molecular weight is 386 g/mol. The van der Waals surface area contributed by atoms with Gasteiger partial charge in [-0.1, -0.05) is 17.7 Å². The van der Waals surface area contributed by atoms with E-state index in [1.165, 1.54) is 16.4 Å². The Labute approximate surface area is 154 Å². The molecule has 0 aromatic heterocycles. The van der Waals surface area contributed by atoms with Crippen LogP contribution in [0, 0.1) is 17.8 Å². The Morgan fingerprint density at radius 1 is 1.24 bits per heavy atom. The molecule has 0 saturated carbocycles. The van der Waals surface area contributed by atoms with E-state index in [2.05, 4.69) is 11.9 Å². The lowest BCUT2D eigenvalue weighted by Crippen LogP contribution is -2.38. The summed E-state index contributed by atoms with van der Waals surface area (Å²) in [6.07, 6.45) is 1.94. The molecule has 138 valence electrons. The first kappa shape index (κ1) is 18.6. The monoisotopic (exact) mass is 385 g/mol. The molecule has 1 aromatic rings. The Bertz CT molecular complexity index is 747. The number of nitrogens with two attached hydrogens (primary N) is 1. The minimum atomic E-state index is -3.68. The smallest absolute Gasteiger partial charge is 0.243 e. The summed E-state index contributed by atoms with van der Waals surface area (Å²) in [5.74, 6) is -0.525. The van der Waals surface area contributed by atoms with Crippen molar-refractivity contribution in [3.63, 3.8) is 0 Å². The number of nitrogens with zero attached hydrogens (tertiary/aromatic N) is 2. The number of amides is 1. The lowest BCUT2D eigenvalue weighted by Gasteiger charge is -2.34. The maximum absolute atomic E-state index is 12.9. The first-order chi connectivity index (χ1) is 11.8. The van der Waals surface area contributed by atoms with Gasteiger partial charge in [0.15, 0.2) is 0 Å². The summed E-state index contributed by atoms with van der Waals surface area (Å²) in [5.41, 5.74) is 5.60. The van der Waals surface area contributed by atoms with Crippen molar-refractivity contribution in [3.8, 4) is 0 Å². The predicted molar refractivity (Wildman–Crippen MR) is 96.6 cm³/mol. The van der Waals surface area contributed by atoms with Gasteiger partial charge in [0.1, 0.15) is 0 Å². The van der Waals surface area contributed by atoms with E-state index in [1.807, 2.05) is 0 Å². The van der Waals surface area contributed by atoms with Gasteiger partial charge in [0.05, 0.1) is 10.8 Å². The number of sulfonamides is 1. The van der Waals surface area contributed by atoms with Crippen molar-refractivity contribution in [2.45, 2.75) is 17.7 Å². The number of carbonyl (C=O) groups is 1. The number of halogens is 1. The van der Waals surface area contributed by atoms with E-state index in [4.69, 9.17) is 17.3 Å². The maximum Gasteiger partial charge on any atom is 0.243 e. The molecule has 0 bridgehead atoms. The highest BCUT2D eigenvalue weighted by molar-refractivity contribution is 7.89. The van der Waals surface area contributed by atoms with Crippen LogP contribution in [0.4, 0.5) is 0 Å². The molecule has 1 amide bonds. The van der Waals surface area contributed by atoms with Gasteiger partial charge in [0.2, 0.25) is 15.9 Å². The van der Waals surface area contributed by atoms with Gasteiger partial charge in [-0.05, 0) is 63.0 Å². The van der Waals surface area contributed by atoms with Gasteiger partial charge in [0, 0.05) is 18.1 Å². The number of piperidine rings is 1. The van der Waals surface area contributed by atoms with Crippen LogP contribution >= 0.6 is 11.6 Å². The molecular formula is C17H24ClN3O3S. The number of likely N-dealkylation sites (tertiary alicyclic amines) is 1. The lowest BCUT2D eigenvalue weighted by molar-refractivity contribution is -0.123. The topological polar surface area (TPSA) is 83.7 Å². The molecule has 0 aliphatic carbocycles. The van der Waals surface area contributed by atoms with E-state index in [-0.39, 0.29) is 17.4 Å². The van der Waals surface area contributed by atoms with Crippen LogP contribution < -0.4 is 5.73 Å². The van der Waals surface area contributed by atoms with Crippen LogP contribution in [0.3, 0.4) is 0 Å². The largest absolute Gasteiger partial charge is 0.369 e. The first-order valence-electron chi connectivity index (χ1n) is 8.52. The maximum atomic E-state index is 12.9. The second kappa shape index (κ2) is 7.23. The molecular weight excluding hydrogens is 362 g/mol. The molecule has 25 heavy (non-hydrogen) atoms. The van der Waals surface area contributed by atoms with Crippen molar-refractivity contribution in [1.29, 1.82) is 0 Å². The van der Waals surface area contributed by atoms with E-state index >= 15 is 0 Å². The molecule has 2 aliphatic heterocycles. The number of carbonyl (C=O) groups excluding carboxylic acids is 1. The summed E-state index contributed by atoms with van der Waals surface area (Å²) >= 11 is 5.94. The third-order valence-corrected chi connectivity index (χ3v) is 7.56. The second-order valence-electron chi connectivity index (χ2n) is 7.09. The van der Waals surface area contributed by atoms with Gasteiger partial charge in [-0.15, -0.1) is 0 Å². The minimum Gasteiger partial charge on any atom is -0.369 e. The third-order valence-electron chi connectivity index (χ3n) is 5.50. The quantitative estimate of drug-likeness (QED) is 0.849. The molecule has 0 spiro atoms. The lowest BCUT2D eigenvalue weighted by atomic mass is 9.78. The molecule has 2 heterocycles. The van der Waals surface area contributed by atoms with Gasteiger partial charge < -0.3 is 10.6 Å². The normalized spacial score (nSPS) is 26.8. The fourth-order valence-corrected chi connectivity index (χ4v) is 5.80. The number of rotatable bonds is 4. The molecule has 0 radical (unpaired) electrons. The highest BCUT2D eigenvalue weighted by atomic mass is 35.5. The fourth-order valence-electron chi connectivity index (χ4n) is 4.00. The zero-order chi connectivity index (χ0) is 18.2. The number of hydrogen-bond acceptors (Lipinski definition) is 4. The van der Waals surface area contributed by atoms with Gasteiger partial charge in [-0.3, -0.25) is 4.79 Å². The summed E-state index contributed by atoms with van der Waals surface area (Å²) in [6.45, 7) is 2.43. The fraction of sp³-hybridized carbons (Fsp3) is 0.588. The van der Waals surface area contributed by atoms with E-state index in [0.717, 1.165) is 25.9 Å². The number of benzene rings is 1. The molecule has 6 nitrogen and oxygen atoms in total. The van der Waals surface area contributed by atoms with Gasteiger partial charge in [-0.2, -0.15) is 4.31 Å². The van der Waals surface area contributed by atoms with E-state index in [9.17, 15) is 13.2 Å². The Morgan fingerprint density at radius 2 is 1.92 bits per heavy atom. The summed E-state index contributed by atoms with van der Waals surface area (Å²) < 4.78 is 27.3. The van der Waals surface area contributed by atoms with E-state index in [1.54, 1.807) is 12.1 Å². The number of primary amides is 1. The molecule has 1 aromatic carbocycles. The van der Waals surface area contributed by atoms with Crippen LogP contribution in [-0.4, -0.2) is 56.8 Å². The van der Waals surface area contributed by atoms with Gasteiger partial charge in [-0.25, -0.2) is 8.42 Å². The molecule has 8 heteroatoms. The third kappa shape index (κ3) is 3.84. The van der Waals surface area contributed by atoms with Crippen molar-refractivity contribution in [2.75, 3.05) is 33.2 Å². The average Bonchev–Trinajstić information content (AvgIpc) is 3.02. The van der Waals surface area contributed by atoms with Gasteiger partial charge in [0.25, 0.3) is 0 Å². The Kier molecular flexibility index (Phi) is 5.39. The molecule has 3 rings (SSSR count). The van der Waals surface area contributed by atoms with Crippen LogP contribution in [0.15, 0.2) is 29.2 Å². The van der Waals surface area contributed by atoms with E-state index in [0.29, 0.717) is 17.5 Å². The molecule has 0 unspecified atom stereocenters. The van der Waals surface area contributed by atoms with Crippen LogP contribution in [0.2, 0.25) is 5.02 Å². The zero-order valence-electron chi connectivity index (χ0n) is 14.3. The molecule has 2 atom stereocenters. The van der Waals surface area contributed by atoms with Gasteiger partial charge >= 0.3 is 0 Å². The molecule has 2 N–H and O–H groups in total. The summed E-state index contributed by atoms with van der Waals surface area (Å²) in [4.78, 5) is 14.4. The number of hydrogen-bond donors (Lipinski definition) is 1. The van der Waals surface area contributed by atoms with Crippen LogP contribution in [-0.2, 0) is 14.8 Å². The molecule has 2 aliphatic rings. The van der Waals surface area contributed by atoms with E-state index < -0.39 is 21.8 Å². The Hall–Kier alpha value is -1.15. The molecule has 2 saturated heterocycles. The Balaban J connectivity index is 1.83. The first-order valence-corrected chi connectivity index (χ1v) is 10.3.